The zero-order valence-electron chi connectivity index (χ0n) is 14.0. The molecule has 1 N–H and O–H groups in total. The second kappa shape index (κ2) is 17.5. The number of unbranched alkanes of at least 4 members (excludes halogenated alkanes) is 5. The van der Waals surface area contributed by atoms with Gasteiger partial charge in [0.1, 0.15) is 0 Å². The van der Waals surface area contributed by atoms with Crippen LogP contribution in [0, 0.1) is 0 Å². The van der Waals surface area contributed by atoms with Crippen LogP contribution in [0.25, 0.3) is 0 Å². The minimum atomic E-state index is -0.713. The first-order valence-electron chi connectivity index (χ1n) is 8.60. The summed E-state index contributed by atoms with van der Waals surface area (Å²) in [6.45, 7) is 2.24. The fraction of sp³-hybridized carbons (Fsp3) is 0.550. The Bertz CT molecular complexity index is 362. The van der Waals surface area contributed by atoms with Crippen LogP contribution in [0.5, 0.6) is 0 Å². The molecule has 124 valence electrons. The van der Waals surface area contributed by atoms with E-state index in [1.807, 2.05) is 0 Å². The van der Waals surface area contributed by atoms with Crippen LogP contribution in [0.3, 0.4) is 0 Å². The second-order valence-electron chi connectivity index (χ2n) is 5.41. The van der Waals surface area contributed by atoms with Crippen molar-refractivity contribution in [3.63, 3.8) is 0 Å². The summed E-state index contributed by atoms with van der Waals surface area (Å²) < 4.78 is 0. The number of carboxylic acids is 1. The summed E-state index contributed by atoms with van der Waals surface area (Å²) in [5, 5.41) is 8.49. The molecule has 2 nitrogen and oxygen atoms in total. The topological polar surface area (TPSA) is 37.3 Å². The van der Waals surface area contributed by atoms with Crippen molar-refractivity contribution < 1.29 is 9.90 Å². The highest BCUT2D eigenvalue weighted by Gasteiger charge is 1.92. The van der Waals surface area contributed by atoms with E-state index in [4.69, 9.17) is 5.11 Å². The fourth-order valence-electron chi connectivity index (χ4n) is 1.96. The average Bonchev–Trinajstić information content (AvgIpc) is 2.50. The lowest BCUT2D eigenvalue weighted by Gasteiger charge is -1.92. The number of carbonyl (C=O) groups is 1. The molecule has 0 aromatic carbocycles. The Labute approximate surface area is 136 Å². The van der Waals surface area contributed by atoms with Crippen LogP contribution in [-0.2, 0) is 4.79 Å². The molecule has 0 radical (unpaired) electrons. The Morgan fingerprint density at radius 2 is 1.41 bits per heavy atom. The predicted octanol–water partition coefficient (Wildman–Crippen LogP) is 6.22. The molecule has 0 aromatic rings. The third-order valence-electron chi connectivity index (χ3n) is 3.25. The van der Waals surface area contributed by atoms with E-state index >= 15 is 0 Å². The van der Waals surface area contributed by atoms with Gasteiger partial charge >= 0.3 is 5.97 Å². The smallest absolute Gasteiger partial charge is 0.303 e. The van der Waals surface area contributed by atoms with E-state index in [1.165, 1.54) is 32.1 Å². The molecule has 0 bridgehead atoms. The molecule has 0 heterocycles. The predicted molar refractivity (Wildman–Crippen MR) is 96.0 cm³/mol. The van der Waals surface area contributed by atoms with Crippen LogP contribution in [0.2, 0.25) is 0 Å². The molecule has 0 aliphatic carbocycles. The maximum absolute atomic E-state index is 10.3. The zero-order valence-corrected chi connectivity index (χ0v) is 14.0. The Balaban J connectivity index is 3.42. The summed E-state index contributed by atoms with van der Waals surface area (Å²) >= 11 is 0. The Hall–Kier alpha value is -1.57. The van der Waals surface area contributed by atoms with E-state index in [-0.39, 0.29) is 6.42 Å². The summed E-state index contributed by atoms with van der Waals surface area (Å²) in [6.07, 6.45) is 27.3. The summed E-state index contributed by atoms with van der Waals surface area (Å²) in [4.78, 5) is 10.3. The van der Waals surface area contributed by atoms with Crippen LogP contribution in [0.1, 0.15) is 71.1 Å². The third kappa shape index (κ3) is 18.4. The highest BCUT2D eigenvalue weighted by Crippen LogP contribution is 2.03. The first kappa shape index (κ1) is 20.4. The van der Waals surface area contributed by atoms with Crippen LogP contribution in [-0.4, -0.2) is 11.1 Å². The van der Waals surface area contributed by atoms with Gasteiger partial charge in [-0.3, -0.25) is 4.79 Å². The summed E-state index contributed by atoms with van der Waals surface area (Å²) in [7, 11) is 0. The normalized spacial score (nSPS) is 12.4. The number of allylic oxidation sites excluding steroid dienone is 8. The lowest BCUT2D eigenvalue weighted by molar-refractivity contribution is -0.137. The maximum Gasteiger partial charge on any atom is 0.303 e. The molecule has 0 spiro atoms. The first-order chi connectivity index (χ1) is 10.8. The minimum Gasteiger partial charge on any atom is -0.481 e. The Kier molecular flexibility index (Phi) is 16.2. The molecule has 0 fully saturated rings. The Morgan fingerprint density at radius 1 is 0.773 bits per heavy atom. The van der Waals surface area contributed by atoms with Crippen molar-refractivity contribution in [3.8, 4) is 0 Å². The largest absolute Gasteiger partial charge is 0.481 e. The molecular weight excluding hydrogens is 272 g/mol. The van der Waals surface area contributed by atoms with Gasteiger partial charge in [-0.05, 0) is 38.5 Å². The molecule has 0 unspecified atom stereocenters. The monoisotopic (exact) mass is 304 g/mol. The van der Waals surface area contributed by atoms with Gasteiger partial charge in [0, 0.05) is 6.42 Å². The van der Waals surface area contributed by atoms with Crippen molar-refractivity contribution in [2.24, 2.45) is 0 Å². The van der Waals surface area contributed by atoms with Crippen LogP contribution in [0.4, 0.5) is 0 Å². The van der Waals surface area contributed by atoms with Crippen LogP contribution >= 0.6 is 0 Å². The van der Waals surface area contributed by atoms with Crippen molar-refractivity contribution in [2.45, 2.75) is 71.1 Å². The molecule has 2 heteroatoms. The fourth-order valence-corrected chi connectivity index (χ4v) is 1.96. The van der Waals surface area contributed by atoms with E-state index in [1.54, 1.807) is 0 Å². The molecule has 0 saturated carbocycles. The van der Waals surface area contributed by atoms with Gasteiger partial charge < -0.3 is 5.11 Å². The third-order valence-corrected chi connectivity index (χ3v) is 3.25. The highest BCUT2D eigenvalue weighted by molar-refractivity contribution is 5.66. The molecule has 0 saturated heterocycles. The van der Waals surface area contributed by atoms with Crippen LogP contribution < -0.4 is 0 Å². The van der Waals surface area contributed by atoms with E-state index in [0.29, 0.717) is 0 Å². The van der Waals surface area contributed by atoms with Crippen molar-refractivity contribution >= 4 is 5.97 Å². The molecular formula is C20H32O2. The molecule has 0 amide bonds. The van der Waals surface area contributed by atoms with Gasteiger partial charge in [0.15, 0.2) is 0 Å². The van der Waals surface area contributed by atoms with Crippen molar-refractivity contribution in [2.75, 3.05) is 0 Å². The summed E-state index contributed by atoms with van der Waals surface area (Å²) in [5.41, 5.74) is 0. The van der Waals surface area contributed by atoms with Gasteiger partial charge in [-0.1, -0.05) is 74.8 Å². The zero-order chi connectivity index (χ0) is 16.3. The van der Waals surface area contributed by atoms with Gasteiger partial charge in [0.2, 0.25) is 0 Å². The van der Waals surface area contributed by atoms with E-state index in [9.17, 15) is 4.79 Å². The van der Waals surface area contributed by atoms with Crippen molar-refractivity contribution in [1.82, 2.24) is 0 Å². The molecule has 0 aliphatic rings. The average molecular weight is 304 g/mol. The first-order valence-corrected chi connectivity index (χ1v) is 8.60. The van der Waals surface area contributed by atoms with E-state index in [2.05, 4.69) is 55.5 Å². The van der Waals surface area contributed by atoms with Gasteiger partial charge in [0.05, 0.1) is 0 Å². The summed E-state index contributed by atoms with van der Waals surface area (Å²) in [6, 6.07) is 0. The van der Waals surface area contributed by atoms with Crippen molar-refractivity contribution in [3.05, 3.63) is 48.6 Å². The molecule has 0 aromatic heterocycles. The quantitative estimate of drug-likeness (QED) is 0.235. The van der Waals surface area contributed by atoms with E-state index < -0.39 is 5.97 Å². The van der Waals surface area contributed by atoms with Gasteiger partial charge in [-0.15, -0.1) is 0 Å². The van der Waals surface area contributed by atoms with Gasteiger partial charge in [-0.2, -0.15) is 0 Å². The maximum atomic E-state index is 10.3. The standard InChI is InChI=1S/C20H32O2/c1-2-3-4-5-6-7-8-9-10-11-12-13-14-15-16-17-18-19-20(21)22/h7-10,12-13,15-16H,2-6,11,14,17-19H2,1H3,(H,21,22)/b8-7+,10-9+,13-12-,16-15-. The van der Waals surface area contributed by atoms with Crippen LogP contribution in [0.15, 0.2) is 48.6 Å². The minimum absolute atomic E-state index is 0.261. The molecule has 0 atom stereocenters. The number of rotatable bonds is 14. The lowest BCUT2D eigenvalue weighted by Crippen LogP contribution is -1.92. The number of carboxylic acid groups (broad SMARTS) is 1. The van der Waals surface area contributed by atoms with Gasteiger partial charge in [0.25, 0.3) is 0 Å². The number of aliphatic carboxylic acids is 1. The highest BCUT2D eigenvalue weighted by atomic mass is 16.4. The van der Waals surface area contributed by atoms with E-state index in [0.717, 1.165) is 25.7 Å². The molecule has 0 rings (SSSR count). The number of hydrogen-bond acceptors (Lipinski definition) is 1. The molecule has 0 aliphatic heterocycles. The number of hydrogen-bond donors (Lipinski definition) is 1. The Morgan fingerprint density at radius 3 is 2.14 bits per heavy atom. The van der Waals surface area contributed by atoms with Crippen molar-refractivity contribution in [1.29, 1.82) is 0 Å². The second-order valence-corrected chi connectivity index (χ2v) is 5.41. The van der Waals surface area contributed by atoms with Gasteiger partial charge in [-0.25, -0.2) is 0 Å². The molecule has 22 heavy (non-hydrogen) atoms. The summed E-state index contributed by atoms with van der Waals surface area (Å²) in [5.74, 6) is -0.713. The lowest BCUT2D eigenvalue weighted by atomic mass is 10.1. The SMILES string of the molecule is CCCCCC/C=C/C=C/C/C=C\C/C=C\CCCC(=O)O.